The molecule has 0 bridgehead atoms. The van der Waals surface area contributed by atoms with Gasteiger partial charge in [0.05, 0.1) is 10.5 Å². The van der Waals surface area contributed by atoms with Crippen molar-refractivity contribution in [2.75, 3.05) is 10.6 Å². The van der Waals surface area contributed by atoms with Crippen LogP contribution in [0.3, 0.4) is 0 Å². The molecule has 0 aliphatic carbocycles. The molecule has 0 aliphatic heterocycles. The lowest BCUT2D eigenvalue weighted by atomic mass is 10.1. The maximum absolute atomic E-state index is 13.5. The molecule has 0 atom stereocenters. The zero-order valence-corrected chi connectivity index (χ0v) is 16.6. The van der Waals surface area contributed by atoms with E-state index in [1.807, 2.05) is 0 Å². The zero-order chi connectivity index (χ0) is 22.0. The number of hydrogen-bond acceptors (Lipinski definition) is 3. The number of amides is 2. The first-order chi connectivity index (χ1) is 14.9. The first kappa shape index (κ1) is 20.5. The normalized spacial score (nSPS) is 10.8. The number of carbonyl (C=O) groups is 2. The molecule has 0 fully saturated rings. The van der Waals surface area contributed by atoms with Crippen LogP contribution in [0.4, 0.5) is 20.2 Å². The van der Waals surface area contributed by atoms with Crippen LogP contribution in [-0.4, -0.2) is 22.0 Å². The highest BCUT2D eigenvalue weighted by Crippen LogP contribution is 2.28. The number of benzene rings is 3. The van der Waals surface area contributed by atoms with Gasteiger partial charge in [0.25, 0.3) is 0 Å². The third-order valence-corrected chi connectivity index (χ3v) is 4.76. The molecule has 1 aromatic heterocycles. The second kappa shape index (κ2) is 8.53. The number of anilines is 2. The summed E-state index contributed by atoms with van der Waals surface area (Å²) in [5, 5.41) is 12.8. The van der Waals surface area contributed by atoms with Gasteiger partial charge in [-0.25, -0.2) is 8.78 Å². The summed E-state index contributed by atoms with van der Waals surface area (Å²) in [6.07, 6.45) is -0.440. The van der Waals surface area contributed by atoms with Crippen LogP contribution in [-0.2, 0) is 9.59 Å². The van der Waals surface area contributed by atoms with Crippen LogP contribution in [0.1, 0.15) is 6.42 Å². The Morgan fingerprint density at radius 2 is 1.65 bits per heavy atom. The first-order valence-corrected chi connectivity index (χ1v) is 9.55. The van der Waals surface area contributed by atoms with Crippen LogP contribution < -0.4 is 10.6 Å². The molecule has 31 heavy (non-hydrogen) atoms. The van der Waals surface area contributed by atoms with Gasteiger partial charge in [-0.2, -0.15) is 5.10 Å². The number of nitrogens with zero attached hydrogens (tertiary/aromatic N) is 1. The molecule has 3 aromatic carbocycles. The van der Waals surface area contributed by atoms with Gasteiger partial charge < -0.3 is 10.6 Å². The summed E-state index contributed by atoms with van der Waals surface area (Å²) < 4.78 is 26.7. The SMILES string of the molecule is O=C(CC(=O)Nc1ccc2c(-c3cccc(F)c3)n[nH]c2c1)Nc1ccc(F)c(Cl)c1. The Balaban J connectivity index is 1.43. The molecule has 6 nitrogen and oxygen atoms in total. The fourth-order valence-corrected chi connectivity index (χ4v) is 3.26. The highest BCUT2D eigenvalue weighted by atomic mass is 35.5. The molecule has 4 rings (SSSR count). The Morgan fingerprint density at radius 1 is 0.935 bits per heavy atom. The summed E-state index contributed by atoms with van der Waals surface area (Å²) in [5.74, 6) is -2.07. The standard InChI is InChI=1S/C22H15ClF2N4O2/c23-17-9-14(5-7-18(17)25)26-20(30)11-21(31)27-15-4-6-16-19(10-15)28-29-22(16)12-2-1-3-13(24)8-12/h1-10H,11H2,(H,26,30)(H,27,31)(H,28,29). The molecule has 0 saturated carbocycles. The van der Waals surface area contributed by atoms with Gasteiger partial charge in [-0.3, -0.25) is 14.7 Å². The molecule has 9 heteroatoms. The lowest BCUT2D eigenvalue weighted by Crippen LogP contribution is -2.21. The molecule has 2 amide bonds. The Morgan fingerprint density at radius 3 is 2.35 bits per heavy atom. The largest absolute Gasteiger partial charge is 0.326 e. The van der Waals surface area contributed by atoms with Gasteiger partial charge in [0, 0.05) is 22.3 Å². The monoisotopic (exact) mass is 440 g/mol. The molecular formula is C22H15ClF2N4O2. The number of H-pyrrole nitrogens is 1. The van der Waals surface area contributed by atoms with Crippen LogP contribution in [0, 0.1) is 11.6 Å². The van der Waals surface area contributed by atoms with Crippen LogP contribution in [0.2, 0.25) is 5.02 Å². The first-order valence-electron chi connectivity index (χ1n) is 9.18. The smallest absolute Gasteiger partial charge is 0.233 e. The van der Waals surface area contributed by atoms with E-state index >= 15 is 0 Å². The Labute approximate surface area is 180 Å². The van der Waals surface area contributed by atoms with E-state index in [9.17, 15) is 18.4 Å². The maximum Gasteiger partial charge on any atom is 0.233 e. The van der Waals surface area contributed by atoms with E-state index in [2.05, 4.69) is 20.8 Å². The molecule has 156 valence electrons. The van der Waals surface area contributed by atoms with Crippen molar-refractivity contribution >= 4 is 45.7 Å². The topological polar surface area (TPSA) is 86.9 Å². The summed E-state index contributed by atoms with van der Waals surface area (Å²) >= 11 is 5.67. The molecular weight excluding hydrogens is 426 g/mol. The minimum Gasteiger partial charge on any atom is -0.326 e. The van der Waals surface area contributed by atoms with Gasteiger partial charge >= 0.3 is 0 Å². The van der Waals surface area contributed by atoms with Gasteiger partial charge in [-0.15, -0.1) is 0 Å². The fourth-order valence-electron chi connectivity index (χ4n) is 3.08. The summed E-state index contributed by atoms with van der Waals surface area (Å²) in [5.41, 5.74) is 2.60. The van der Waals surface area contributed by atoms with Crippen molar-refractivity contribution < 1.29 is 18.4 Å². The van der Waals surface area contributed by atoms with E-state index in [0.717, 1.165) is 11.5 Å². The average Bonchev–Trinajstić information content (AvgIpc) is 3.14. The number of carbonyl (C=O) groups excluding carboxylic acids is 2. The van der Waals surface area contributed by atoms with Gasteiger partial charge in [-0.1, -0.05) is 23.7 Å². The van der Waals surface area contributed by atoms with Crippen LogP contribution >= 0.6 is 11.6 Å². The Hall–Kier alpha value is -3.78. The summed E-state index contributed by atoms with van der Waals surface area (Å²) in [6, 6.07) is 14.9. The summed E-state index contributed by atoms with van der Waals surface area (Å²) in [6.45, 7) is 0. The zero-order valence-electron chi connectivity index (χ0n) is 15.9. The number of nitrogens with one attached hydrogen (secondary N) is 3. The summed E-state index contributed by atoms with van der Waals surface area (Å²) in [4.78, 5) is 24.3. The van der Waals surface area contributed by atoms with Gasteiger partial charge in [0.1, 0.15) is 23.7 Å². The van der Waals surface area contributed by atoms with Crippen molar-refractivity contribution in [3.8, 4) is 11.3 Å². The second-order valence-electron chi connectivity index (χ2n) is 6.74. The third kappa shape index (κ3) is 4.70. The van der Waals surface area contributed by atoms with E-state index in [1.54, 1.807) is 30.3 Å². The van der Waals surface area contributed by atoms with Crippen molar-refractivity contribution in [3.63, 3.8) is 0 Å². The number of hydrogen-bond donors (Lipinski definition) is 3. The number of fused-ring (bicyclic) bond motifs is 1. The average molecular weight is 441 g/mol. The predicted molar refractivity (Wildman–Crippen MR) is 115 cm³/mol. The van der Waals surface area contributed by atoms with Crippen molar-refractivity contribution in [3.05, 3.63) is 77.3 Å². The van der Waals surface area contributed by atoms with E-state index in [-0.39, 0.29) is 16.5 Å². The van der Waals surface area contributed by atoms with Gasteiger partial charge in [-0.05, 0) is 48.5 Å². The molecule has 1 heterocycles. The lowest BCUT2D eigenvalue weighted by molar-refractivity contribution is -0.123. The fraction of sp³-hybridized carbons (Fsp3) is 0.0455. The number of rotatable bonds is 5. The van der Waals surface area contributed by atoms with Gasteiger partial charge in [0.15, 0.2) is 0 Å². The summed E-state index contributed by atoms with van der Waals surface area (Å²) in [7, 11) is 0. The third-order valence-electron chi connectivity index (χ3n) is 4.47. The molecule has 3 N–H and O–H groups in total. The Bertz CT molecular complexity index is 1310. The van der Waals surface area contributed by atoms with Crippen LogP contribution in [0.25, 0.3) is 22.2 Å². The molecule has 0 saturated heterocycles. The van der Waals surface area contributed by atoms with Crippen molar-refractivity contribution in [2.45, 2.75) is 6.42 Å². The highest BCUT2D eigenvalue weighted by Gasteiger charge is 2.13. The highest BCUT2D eigenvalue weighted by molar-refractivity contribution is 6.31. The van der Waals surface area contributed by atoms with Crippen molar-refractivity contribution in [2.24, 2.45) is 0 Å². The minimum atomic E-state index is -0.604. The van der Waals surface area contributed by atoms with Gasteiger partial charge in [0.2, 0.25) is 11.8 Å². The second-order valence-corrected chi connectivity index (χ2v) is 7.15. The minimum absolute atomic E-state index is 0.132. The maximum atomic E-state index is 13.5. The number of aromatic nitrogens is 2. The molecule has 4 aromatic rings. The van der Waals surface area contributed by atoms with E-state index in [0.29, 0.717) is 22.5 Å². The number of halogens is 3. The Kier molecular flexibility index (Phi) is 5.64. The van der Waals surface area contributed by atoms with E-state index < -0.39 is 24.1 Å². The van der Waals surface area contributed by atoms with Crippen LogP contribution in [0.5, 0.6) is 0 Å². The molecule has 0 spiro atoms. The van der Waals surface area contributed by atoms with Crippen molar-refractivity contribution in [1.29, 1.82) is 0 Å². The number of aromatic amines is 1. The molecule has 0 unspecified atom stereocenters. The van der Waals surface area contributed by atoms with Crippen LogP contribution in [0.15, 0.2) is 60.7 Å². The quantitative estimate of drug-likeness (QED) is 0.376. The predicted octanol–water partition coefficient (Wildman–Crippen LogP) is 5.13. The van der Waals surface area contributed by atoms with Crippen molar-refractivity contribution in [1.82, 2.24) is 10.2 Å². The lowest BCUT2D eigenvalue weighted by Gasteiger charge is -2.07. The van der Waals surface area contributed by atoms with E-state index in [1.165, 1.54) is 24.3 Å². The molecule has 0 radical (unpaired) electrons. The molecule has 0 aliphatic rings. The van der Waals surface area contributed by atoms with E-state index in [4.69, 9.17) is 11.6 Å².